The maximum atomic E-state index is 12.9. The number of carbonyl (C=O) groups is 2. The van der Waals surface area contributed by atoms with Crippen LogP contribution in [-0.4, -0.2) is 70.9 Å². The Hall–Kier alpha value is -2.32. The Morgan fingerprint density at radius 2 is 2.00 bits per heavy atom. The molecular weight excluding hydrogens is 362 g/mol. The van der Waals surface area contributed by atoms with Gasteiger partial charge in [-0.15, -0.1) is 11.3 Å². The van der Waals surface area contributed by atoms with E-state index in [0.717, 1.165) is 22.8 Å². The molecule has 0 unspecified atom stereocenters. The first-order valence-electron chi connectivity index (χ1n) is 9.25. The lowest BCUT2D eigenvalue weighted by Crippen LogP contribution is -2.51. The molecule has 0 bridgehead atoms. The molecule has 0 aliphatic carbocycles. The SMILES string of the molecule is CCCNC(=O)CN1CCN(C(=O)c2sc(-c3ccccn3)nc2C)CC1. The first kappa shape index (κ1) is 19.4. The molecule has 3 heterocycles. The van der Waals surface area contributed by atoms with Gasteiger partial charge in [0.2, 0.25) is 5.91 Å². The van der Waals surface area contributed by atoms with Crippen LogP contribution < -0.4 is 5.32 Å². The number of pyridine rings is 1. The lowest BCUT2D eigenvalue weighted by molar-refractivity contribution is -0.122. The molecule has 2 aromatic rings. The Labute approximate surface area is 163 Å². The van der Waals surface area contributed by atoms with Crippen LogP contribution in [0.15, 0.2) is 24.4 Å². The van der Waals surface area contributed by atoms with Crippen LogP contribution in [0, 0.1) is 6.92 Å². The second kappa shape index (κ2) is 9.05. The van der Waals surface area contributed by atoms with E-state index in [9.17, 15) is 9.59 Å². The monoisotopic (exact) mass is 387 g/mol. The van der Waals surface area contributed by atoms with Crippen molar-refractivity contribution < 1.29 is 9.59 Å². The number of hydrogen-bond acceptors (Lipinski definition) is 6. The minimum atomic E-state index is 0.0160. The van der Waals surface area contributed by atoms with Crippen molar-refractivity contribution >= 4 is 23.2 Å². The highest BCUT2D eigenvalue weighted by atomic mass is 32.1. The highest BCUT2D eigenvalue weighted by Gasteiger charge is 2.26. The molecule has 1 N–H and O–H groups in total. The van der Waals surface area contributed by atoms with Crippen molar-refractivity contribution in [3.63, 3.8) is 0 Å². The zero-order chi connectivity index (χ0) is 19.2. The highest BCUT2D eigenvalue weighted by Crippen LogP contribution is 2.27. The molecule has 1 saturated heterocycles. The summed E-state index contributed by atoms with van der Waals surface area (Å²) >= 11 is 1.39. The molecule has 0 spiro atoms. The predicted octanol–water partition coefficient (Wildman–Crippen LogP) is 1.80. The van der Waals surface area contributed by atoms with Gasteiger partial charge in [0.05, 0.1) is 17.9 Å². The van der Waals surface area contributed by atoms with Crippen molar-refractivity contribution in [1.82, 2.24) is 25.1 Å². The molecule has 0 radical (unpaired) electrons. The van der Waals surface area contributed by atoms with Crippen molar-refractivity contribution in [1.29, 1.82) is 0 Å². The van der Waals surface area contributed by atoms with Crippen LogP contribution >= 0.6 is 11.3 Å². The summed E-state index contributed by atoms with van der Waals surface area (Å²) in [5.74, 6) is 0.0668. The largest absolute Gasteiger partial charge is 0.355 e. The molecule has 0 saturated carbocycles. The molecule has 8 heteroatoms. The topological polar surface area (TPSA) is 78.4 Å². The van der Waals surface area contributed by atoms with Crippen LogP contribution in [-0.2, 0) is 4.79 Å². The van der Waals surface area contributed by atoms with E-state index in [2.05, 4.69) is 20.2 Å². The van der Waals surface area contributed by atoms with E-state index in [4.69, 9.17) is 0 Å². The minimum absolute atomic E-state index is 0.0160. The predicted molar refractivity (Wildman–Crippen MR) is 106 cm³/mol. The number of piperazine rings is 1. The average molecular weight is 388 g/mol. The fraction of sp³-hybridized carbons (Fsp3) is 0.474. The highest BCUT2D eigenvalue weighted by molar-refractivity contribution is 7.17. The molecular formula is C19H25N5O2S. The second-order valence-electron chi connectivity index (χ2n) is 6.57. The summed E-state index contributed by atoms with van der Waals surface area (Å²) in [5, 5.41) is 3.66. The van der Waals surface area contributed by atoms with Crippen LogP contribution in [0.1, 0.15) is 28.7 Å². The molecule has 27 heavy (non-hydrogen) atoms. The van der Waals surface area contributed by atoms with Gasteiger partial charge in [-0.25, -0.2) is 4.98 Å². The number of aromatic nitrogens is 2. The zero-order valence-electron chi connectivity index (χ0n) is 15.8. The molecule has 0 atom stereocenters. The summed E-state index contributed by atoms with van der Waals surface area (Å²) in [6.45, 7) is 7.65. The number of aryl methyl sites for hydroxylation is 1. The number of nitrogens with one attached hydrogen (secondary N) is 1. The Bertz CT molecular complexity index is 785. The van der Waals surface area contributed by atoms with Gasteiger partial charge in [-0.1, -0.05) is 13.0 Å². The van der Waals surface area contributed by atoms with Crippen molar-refractivity contribution in [3.8, 4) is 10.7 Å². The first-order chi connectivity index (χ1) is 13.1. The van der Waals surface area contributed by atoms with Crippen molar-refractivity contribution in [3.05, 3.63) is 35.0 Å². The summed E-state index contributed by atoms with van der Waals surface area (Å²) in [7, 11) is 0. The number of carbonyl (C=O) groups excluding carboxylic acids is 2. The number of hydrogen-bond donors (Lipinski definition) is 1. The second-order valence-corrected chi connectivity index (χ2v) is 7.57. The van der Waals surface area contributed by atoms with Gasteiger partial charge in [-0.2, -0.15) is 0 Å². The molecule has 2 aromatic heterocycles. The number of nitrogens with zero attached hydrogens (tertiary/aromatic N) is 4. The minimum Gasteiger partial charge on any atom is -0.355 e. The van der Waals surface area contributed by atoms with Gasteiger partial charge in [0, 0.05) is 38.9 Å². The van der Waals surface area contributed by atoms with E-state index in [1.165, 1.54) is 11.3 Å². The standard InChI is InChI=1S/C19H25N5O2S/c1-3-7-21-16(25)13-23-9-11-24(12-10-23)19(26)17-14(2)22-18(27-17)15-6-4-5-8-20-15/h4-6,8H,3,7,9-13H2,1-2H3,(H,21,25). The summed E-state index contributed by atoms with van der Waals surface area (Å²) < 4.78 is 0. The quantitative estimate of drug-likeness (QED) is 0.818. The normalized spacial score (nSPS) is 15.0. The van der Waals surface area contributed by atoms with E-state index < -0.39 is 0 Å². The molecule has 3 rings (SSSR count). The average Bonchev–Trinajstić information content (AvgIpc) is 3.09. The Morgan fingerprint density at radius 3 is 2.67 bits per heavy atom. The Kier molecular flexibility index (Phi) is 6.52. The third kappa shape index (κ3) is 4.90. The maximum absolute atomic E-state index is 12.9. The molecule has 2 amide bonds. The van der Waals surface area contributed by atoms with E-state index >= 15 is 0 Å². The van der Waals surface area contributed by atoms with Gasteiger partial charge in [-0.05, 0) is 25.5 Å². The molecule has 144 valence electrons. The first-order valence-corrected chi connectivity index (χ1v) is 10.1. The molecule has 1 aliphatic rings. The van der Waals surface area contributed by atoms with Crippen LogP contribution in [0.5, 0.6) is 0 Å². The third-order valence-corrected chi connectivity index (χ3v) is 5.64. The summed E-state index contributed by atoms with van der Waals surface area (Å²) in [4.78, 5) is 38.2. The fourth-order valence-corrected chi connectivity index (χ4v) is 3.98. The van der Waals surface area contributed by atoms with Crippen LogP contribution in [0.3, 0.4) is 0 Å². The summed E-state index contributed by atoms with van der Waals surface area (Å²) in [6.07, 6.45) is 2.66. The van der Waals surface area contributed by atoms with Crippen molar-refractivity contribution in [2.45, 2.75) is 20.3 Å². The summed E-state index contributed by atoms with van der Waals surface area (Å²) in [5.41, 5.74) is 1.53. The summed E-state index contributed by atoms with van der Waals surface area (Å²) in [6, 6.07) is 5.67. The van der Waals surface area contributed by atoms with E-state index in [-0.39, 0.29) is 11.8 Å². The number of thiazole rings is 1. The smallest absolute Gasteiger partial charge is 0.265 e. The van der Waals surface area contributed by atoms with Crippen LogP contribution in [0.4, 0.5) is 0 Å². The van der Waals surface area contributed by atoms with Crippen molar-refractivity contribution in [2.75, 3.05) is 39.3 Å². The van der Waals surface area contributed by atoms with Gasteiger partial charge in [0.15, 0.2) is 0 Å². The Morgan fingerprint density at radius 1 is 1.22 bits per heavy atom. The van der Waals surface area contributed by atoms with E-state index in [1.54, 1.807) is 6.20 Å². The van der Waals surface area contributed by atoms with Gasteiger partial charge in [0.25, 0.3) is 5.91 Å². The van der Waals surface area contributed by atoms with Gasteiger partial charge in [0.1, 0.15) is 9.88 Å². The molecule has 7 nitrogen and oxygen atoms in total. The van der Waals surface area contributed by atoms with Gasteiger partial charge in [-0.3, -0.25) is 19.5 Å². The lowest BCUT2D eigenvalue weighted by atomic mass is 10.2. The van der Waals surface area contributed by atoms with E-state index in [1.807, 2.05) is 36.9 Å². The lowest BCUT2D eigenvalue weighted by Gasteiger charge is -2.34. The van der Waals surface area contributed by atoms with Crippen molar-refractivity contribution in [2.24, 2.45) is 0 Å². The fourth-order valence-electron chi connectivity index (χ4n) is 2.97. The van der Waals surface area contributed by atoms with Gasteiger partial charge >= 0.3 is 0 Å². The van der Waals surface area contributed by atoms with E-state index in [0.29, 0.717) is 44.1 Å². The maximum Gasteiger partial charge on any atom is 0.265 e. The van der Waals surface area contributed by atoms with Crippen LogP contribution in [0.2, 0.25) is 0 Å². The zero-order valence-corrected chi connectivity index (χ0v) is 16.6. The third-order valence-electron chi connectivity index (χ3n) is 4.47. The number of rotatable bonds is 6. The number of amides is 2. The molecule has 0 aromatic carbocycles. The van der Waals surface area contributed by atoms with Crippen LogP contribution in [0.25, 0.3) is 10.7 Å². The Balaban J connectivity index is 1.58. The van der Waals surface area contributed by atoms with Gasteiger partial charge < -0.3 is 10.2 Å². The molecule has 1 aliphatic heterocycles. The molecule has 1 fully saturated rings.